The number of carbonyl (C=O) groups excluding carboxylic acids is 5. The summed E-state index contributed by atoms with van der Waals surface area (Å²) in [5.74, 6) is -1.87. The lowest BCUT2D eigenvalue weighted by Crippen LogP contribution is -2.56. The minimum absolute atomic E-state index is 0.0233. The highest BCUT2D eigenvalue weighted by Crippen LogP contribution is 2.23. The van der Waals surface area contributed by atoms with Crippen LogP contribution in [0.25, 0.3) is 0 Å². The van der Waals surface area contributed by atoms with Gasteiger partial charge >= 0.3 is 18.2 Å². The van der Waals surface area contributed by atoms with Crippen LogP contribution in [0.2, 0.25) is 0 Å². The molecule has 0 radical (unpaired) electrons. The normalized spacial score (nSPS) is 16.9. The second-order valence-corrected chi connectivity index (χ2v) is 12.8. The van der Waals surface area contributed by atoms with E-state index in [4.69, 9.17) is 14.2 Å². The number of rotatable bonds is 12. The standard InChI is InChI=1S/C37H44N4O8/c1-37(2,3)49-36(46)41-23-28(38-35(45)48-24-27-18-12-7-13-19-27)22-31(41)33(43)39-29(20-25-14-8-5-9-15-25)32(42)40-30(34(44)47-4)21-26-16-10-6-11-17-26/h5-19,28-31H,20-24H2,1-4H3,(H,38,45)(H,39,43)(H,40,42)/t28-,29-,30-,31-/m0/s1. The summed E-state index contributed by atoms with van der Waals surface area (Å²) in [6.45, 7) is 5.15. The van der Waals surface area contributed by atoms with E-state index in [0.29, 0.717) is 0 Å². The summed E-state index contributed by atoms with van der Waals surface area (Å²) in [5, 5.41) is 8.30. The van der Waals surface area contributed by atoms with Gasteiger partial charge in [-0.25, -0.2) is 14.4 Å². The van der Waals surface area contributed by atoms with Crippen LogP contribution in [0.3, 0.4) is 0 Å². The molecule has 12 nitrogen and oxygen atoms in total. The van der Waals surface area contributed by atoms with Crippen molar-refractivity contribution < 1.29 is 38.2 Å². The number of carbonyl (C=O) groups is 5. The molecule has 49 heavy (non-hydrogen) atoms. The first-order valence-corrected chi connectivity index (χ1v) is 16.1. The van der Waals surface area contributed by atoms with E-state index in [0.717, 1.165) is 16.7 Å². The van der Waals surface area contributed by atoms with Gasteiger partial charge in [-0.1, -0.05) is 91.0 Å². The zero-order valence-corrected chi connectivity index (χ0v) is 28.2. The van der Waals surface area contributed by atoms with E-state index in [9.17, 15) is 24.0 Å². The van der Waals surface area contributed by atoms with E-state index in [1.54, 1.807) is 20.8 Å². The number of esters is 1. The first-order chi connectivity index (χ1) is 23.4. The van der Waals surface area contributed by atoms with Gasteiger partial charge in [-0.05, 0) is 43.9 Å². The van der Waals surface area contributed by atoms with Gasteiger partial charge in [0.25, 0.3) is 0 Å². The van der Waals surface area contributed by atoms with Crippen LogP contribution in [0.1, 0.15) is 43.9 Å². The summed E-state index contributed by atoms with van der Waals surface area (Å²) in [7, 11) is 1.24. The number of likely N-dealkylation sites (tertiary alicyclic amines) is 1. The predicted molar refractivity (Wildman–Crippen MR) is 181 cm³/mol. The molecular weight excluding hydrogens is 628 g/mol. The second kappa shape index (κ2) is 17.1. The second-order valence-electron chi connectivity index (χ2n) is 12.8. The molecule has 0 aliphatic carbocycles. The molecule has 4 amide bonds. The van der Waals surface area contributed by atoms with Gasteiger partial charge in [-0.3, -0.25) is 14.5 Å². The molecule has 1 saturated heterocycles. The van der Waals surface area contributed by atoms with Gasteiger partial charge in [0.15, 0.2) is 0 Å². The Bertz CT molecular complexity index is 1560. The summed E-state index contributed by atoms with van der Waals surface area (Å²) in [4.78, 5) is 67.7. The molecule has 1 aliphatic heterocycles. The van der Waals surface area contributed by atoms with Gasteiger partial charge in [0.05, 0.1) is 13.2 Å². The summed E-state index contributed by atoms with van der Waals surface area (Å²) >= 11 is 0. The third-order valence-electron chi connectivity index (χ3n) is 7.77. The molecule has 3 aromatic rings. The number of hydrogen-bond acceptors (Lipinski definition) is 8. The molecular formula is C37H44N4O8. The van der Waals surface area contributed by atoms with E-state index in [-0.39, 0.29) is 32.4 Å². The van der Waals surface area contributed by atoms with E-state index >= 15 is 0 Å². The Balaban J connectivity index is 1.51. The van der Waals surface area contributed by atoms with Crippen LogP contribution in [0, 0.1) is 0 Å². The topological polar surface area (TPSA) is 152 Å². The minimum Gasteiger partial charge on any atom is -0.467 e. The van der Waals surface area contributed by atoms with Crippen LogP contribution in [-0.2, 0) is 48.0 Å². The number of alkyl carbamates (subject to hydrolysis) is 1. The van der Waals surface area contributed by atoms with Crippen LogP contribution < -0.4 is 16.0 Å². The van der Waals surface area contributed by atoms with Crippen molar-refractivity contribution >= 4 is 30.0 Å². The zero-order valence-electron chi connectivity index (χ0n) is 28.2. The third-order valence-corrected chi connectivity index (χ3v) is 7.77. The van der Waals surface area contributed by atoms with Crippen molar-refractivity contribution in [2.24, 2.45) is 0 Å². The van der Waals surface area contributed by atoms with E-state index < -0.39 is 59.7 Å². The molecule has 0 saturated carbocycles. The van der Waals surface area contributed by atoms with E-state index in [1.807, 2.05) is 91.0 Å². The van der Waals surface area contributed by atoms with Gasteiger partial charge in [0, 0.05) is 19.4 Å². The lowest BCUT2D eigenvalue weighted by atomic mass is 10.0. The number of methoxy groups -OCH3 is 1. The van der Waals surface area contributed by atoms with Crippen LogP contribution >= 0.6 is 0 Å². The van der Waals surface area contributed by atoms with Crippen LogP contribution in [0.15, 0.2) is 91.0 Å². The molecule has 0 aromatic heterocycles. The van der Waals surface area contributed by atoms with E-state index in [2.05, 4.69) is 16.0 Å². The average Bonchev–Trinajstić information content (AvgIpc) is 3.51. The fourth-order valence-electron chi connectivity index (χ4n) is 5.43. The largest absolute Gasteiger partial charge is 0.467 e. The first kappa shape index (κ1) is 36.4. The van der Waals surface area contributed by atoms with Gasteiger partial charge < -0.3 is 30.2 Å². The molecule has 3 N–H and O–H groups in total. The molecule has 3 aromatic carbocycles. The Kier molecular flexibility index (Phi) is 12.7. The SMILES string of the molecule is COC(=O)[C@H](Cc1ccccc1)NC(=O)[C@H](Cc1ccccc1)NC(=O)[C@@H]1C[C@H](NC(=O)OCc2ccccc2)CN1C(=O)OC(C)(C)C. The lowest BCUT2D eigenvalue weighted by molar-refractivity contribution is -0.145. The van der Waals surface area contributed by atoms with Crippen molar-refractivity contribution in [1.82, 2.24) is 20.9 Å². The molecule has 1 fully saturated rings. The van der Waals surface area contributed by atoms with Gasteiger partial charge in [-0.2, -0.15) is 0 Å². The Labute approximate surface area is 286 Å². The number of ether oxygens (including phenoxy) is 3. The highest BCUT2D eigenvalue weighted by molar-refractivity contribution is 5.93. The molecule has 4 atom stereocenters. The number of hydrogen-bond donors (Lipinski definition) is 3. The molecule has 260 valence electrons. The van der Waals surface area contributed by atoms with Crippen molar-refractivity contribution in [3.05, 3.63) is 108 Å². The molecule has 0 unspecified atom stereocenters. The number of nitrogens with zero attached hydrogens (tertiary/aromatic N) is 1. The molecule has 0 bridgehead atoms. The van der Waals surface area contributed by atoms with Gasteiger partial charge in [0.2, 0.25) is 11.8 Å². The summed E-state index contributed by atoms with van der Waals surface area (Å²) < 4.78 is 15.9. The fourth-order valence-corrected chi connectivity index (χ4v) is 5.43. The smallest absolute Gasteiger partial charge is 0.411 e. The van der Waals surface area contributed by atoms with Crippen molar-refractivity contribution in [2.75, 3.05) is 13.7 Å². The highest BCUT2D eigenvalue weighted by Gasteiger charge is 2.43. The molecule has 4 rings (SSSR count). The Morgan fingerprint density at radius 1 is 0.776 bits per heavy atom. The summed E-state index contributed by atoms with van der Waals surface area (Å²) in [6, 6.07) is 23.6. The molecule has 12 heteroatoms. The maximum Gasteiger partial charge on any atom is 0.411 e. The summed E-state index contributed by atoms with van der Waals surface area (Å²) in [5.41, 5.74) is 1.52. The summed E-state index contributed by atoms with van der Waals surface area (Å²) in [6.07, 6.45) is -1.12. The monoisotopic (exact) mass is 672 g/mol. The average molecular weight is 673 g/mol. The molecule has 0 spiro atoms. The zero-order chi connectivity index (χ0) is 35.4. The fraction of sp³-hybridized carbons (Fsp3) is 0.378. The maximum atomic E-state index is 14.0. The van der Waals surface area contributed by atoms with Crippen LogP contribution in [-0.4, -0.2) is 78.3 Å². The van der Waals surface area contributed by atoms with Gasteiger partial charge in [-0.15, -0.1) is 0 Å². The van der Waals surface area contributed by atoms with Crippen molar-refractivity contribution in [2.45, 2.75) is 76.4 Å². The predicted octanol–water partition coefficient (Wildman–Crippen LogP) is 3.92. The Morgan fingerprint density at radius 2 is 1.31 bits per heavy atom. The quantitative estimate of drug-likeness (QED) is 0.194. The Hall–Kier alpha value is -5.39. The number of nitrogens with one attached hydrogen (secondary N) is 3. The maximum absolute atomic E-state index is 14.0. The minimum atomic E-state index is -1.12. The molecule has 1 aliphatic rings. The lowest BCUT2D eigenvalue weighted by Gasteiger charge is -2.29. The first-order valence-electron chi connectivity index (χ1n) is 16.1. The Morgan fingerprint density at radius 3 is 1.84 bits per heavy atom. The number of amides is 4. The van der Waals surface area contributed by atoms with Crippen LogP contribution in [0.4, 0.5) is 9.59 Å². The van der Waals surface area contributed by atoms with Crippen molar-refractivity contribution in [3.8, 4) is 0 Å². The van der Waals surface area contributed by atoms with Crippen LogP contribution in [0.5, 0.6) is 0 Å². The van der Waals surface area contributed by atoms with E-state index in [1.165, 1.54) is 12.0 Å². The van der Waals surface area contributed by atoms with Gasteiger partial charge in [0.1, 0.15) is 30.3 Å². The molecule has 1 heterocycles. The van der Waals surface area contributed by atoms with Crippen molar-refractivity contribution in [1.29, 1.82) is 0 Å². The number of benzene rings is 3. The third kappa shape index (κ3) is 11.4. The highest BCUT2D eigenvalue weighted by atomic mass is 16.6. The van der Waals surface area contributed by atoms with Crippen molar-refractivity contribution in [3.63, 3.8) is 0 Å².